The van der Waals surface area contributed by atoms with Crippen LogP contribution in [-0.2, 0) is 13.0 Å². The molecule has 5 heteroatoms. The average molecular weight is 272 g/mol. The molecule has 0 aromatic carbocycles. The smallest absolute Gasteiger partial charge is 0.160 e. The summed E-state index contributed by atoms with van der Waals surface area (Å²) in [4.78, 5) is 10.5. The number of rotatable bonds is 4. The molecule has 0 bridgehead atoms. The second-order valence-corrected chi connectivity index (χ2v) is 5.61. The maximum absolute atomic E-state index is 5.71. The van der Waals surface area contributed by atoms with Crippen LogP contribution in [0.1, 0.15) is 16.3 Å². The van der Waals surface area contributed by atoms with Crippen LogP contribution in [0.25, 0.3) is 11.2 Å². The summed E-state index contributed by atoms with van der Waals surface area (Å²) in [5, 5.41) is 2.09. The van der Waals surface area contributed by atoms with Gasteiger partial charge in [-0.25, -0.2) is 9.97 Å². The van der Waals surface area contributed by atoms with E-state index in [2.05, 4.69) is 33.1 Å². The molecule has 0 aliphatic carbocycles. The Kier molecular flexibility index (Phi) is 3.31. The summed E-state index contributed by atoms with van der Waals surface area (Å²) in [5.74, 6) is 1.04. The van der Waals surface area contributed by atoms with Crippen LogP contribution in [0.2, 0.25) is 0 Å². The SMILES string of the molecule is Cc1cnc2c(c1)nc(Cc1cccs1)n2CCN. The number of thiophene rings is 1. The van der Waals surface area contributed by atoms with Crippen LogP contribution < -0.4 is 5.73 Å². The highest BCUT2D eigenvalue weighted by Gasteiger charge is 2.12. The number of fused-ring (bicyclic) bond motifs is 1. The normalized spacial score (nSPS) is 11.3. The quantitative estimate of drug-likeness (QED) is 0.793. The highest BCUT2D eigenvalue weighted by molar-refractivity contribution is 7.09. The second-order valence-electron chi connectivity index (χ2n) is 4.58. The first-order valence-corrected chi connectivity index (χ1v) is 7.20. The fourth-order valence-corrected chi connectivity index (χ4v) is 2.93. The Hall–Kier alpha value is -1.72. The van der Waals surface area contributed by atoms with Gasteiger partial charge in [0.1, 0.15) is 11.3 Å². The lowest BCUT2D eigenvalue weighted by atomic mass is 10.3. The number of hydrogen-bond donors (Lipinski definition) is 1. The molecule has 0 fully saturated rings. The Morgan fingerprint density at radius 3 is 3.05 bits per heavy atom. The molecule has 0 aliphatic rings. The highest BCUT2D eigenvalue weighted by atomic mass is 32.1. The van der Waals surface area contributed by atoms with E-state index < -0.39 is 0 Å². The summed E-state index contributed by atoms with van der Waals surface area (Å²) in [5.41, 5.74) is 8.73. The van der Waals surface area contributed by atoms with Gasteiger partial charge < -0.3 is 10.3 Å². The van der Waals surface area contributed by atoms with Crippen LogP contribution in [0.5, 0.6) is 0 Å². The molecule has 3 rings (SSSR count). The van der Waals surface area contributed by atoms with Crippen molar-refractivity contribution in [1.29, 1.82) is 0 Å². The van der Waals surface area contributed by atoms with Crippen molar-refractivity contribution < 1.29 is 0 Å². The Balaban J connectivity index is 2.08. The number of nitrogens with two attached hydrogens (primary N) is 1. The minimum absolute atomic E-state index is 0.596. The van der Waals surface area contributed by atoms with E-state index in [0.717, 1.165) is 35.5 Å². The van der Waals surface area contributed by atoms with Gasteiger partial charge in [0.05, 0.1) is 0 Å². The van der Waals surface area contributed by atoms with Crippen molar-refractivity contribution in [2.75, 3.05) is 6.54 Å². The molecule has 0 spiro atoms. The number of hydrogen-bond acceptors (Lipinski definition) is 4. The van der Waals surface area contributed by atoms with Crippen LogP contribution in [0.15, 0.2) is 29.8 Å². The average Bonchev–Trinajstić information content (AvgIpc) is 2.99. The van der Waals surface area contributed by atoms with Crippen LogP contribution in [-0.4, -0.2) is 21.1 Å². The van der Waals surface area contributed by atoms with Crippen molar-refractivity contribution in [3.63, 3.8) is 0 Å². The molecule has 3 aromatic rings. The first-order chi connectivity index (χ1) is 9.28. The fourth-order valence-electron chi connectivity index (χ4n) is 2.23. The molecule has 0 aliphatic heterocycles. The van der Waals surface area contributed by atoms with Crippen molar-refractivity contribution in [2.45, 2.75) is 19.9 Å². The van der Waals surface area contributed by atoms with Crippen molar-refractivity contribution in [3.8, 4) is 0 Å². The molecule has 0 unspecified atom stereocenters. The van der Waals surface area contributed by atoms with Crippen LogP contribution in [0.3, 0.4) is 0 Å². The van der Waals surface area contributed by atoms with Gasteiger partial charge in [-0.15, -0.1) is 11.3 Å². The van der Waals surface area contributed by atoms with Gasteiger partial charge in [-0.3, -0.25) is 0 Å². The van der Waals surface area contributed by atoms with Gasteiger partial charge in [-0.05, 0) is 30.0 Å². The van der Waals surface area contributed by atoms with Crippen LogP contribution in [0, 0.1) is 6.92 Å². The van der Waals surface area contributed by atoms with Gasteiger partial charge in [-0.2, -0.15) is 0 Å². The van der Waals surface area contributed by atoms with E-state index in [4.69, 9.17) is 10.7 Å². The lowest BCUT2D eigenvalue weighted by Gasteiger charge is -2.06. The predicted octanol–water partition coefficient (Wildman–Crippen LogP) is 2.35. The van der Waals surface area contributed by atoms with Crippen molar-refractivity contribution in [3.05, 3.63) is 46.0 Å². The van der Waals surface area contributed by atoms with E-state index in [1.54, 1.807) is 11.3 Å². The number of aryl methyl sites for hydroxylation is 1. The third-order valence-electron chi connectivity index (χ3n) is 3.07. The summed E-state index contributed by atoms with van der Waals surface area (Å²) in [6, 6.07) is 6.28. The lowest BCUT2D eigenvalue weighted by molar-refractivity contribution is 0.686. The van der Waals surface area contributed by atoms with E-state index in [9.17, 15) is 0 Å². The van der Waals surface area contributed by atoms with Crippen molar-refractivity contribution in [2.24, 2.45) is 5.73 Å². The van der Waals surface area contributed by atoms with Gasteiger partial charge in [-0.1, -0.05) is 6.07 Å². The molecular formula is C14H16N4S. The molecular weight excluding hydrogens is 256 g/mol. The summed E-state index contributed by atoms with van der Waals surface area (Å²) < 4.78 is 2.13. The predicted molar refractivity (Wildman–Crippen MR) is 78.4 cm³/mol. The van der Waals surface area contributed by atoms with Gasteiger partial charge >= 0.3 is 0 Å². The summed E-state index contributed by atoms with van der Waals surface area (Å²) in [6.07, 6.45) is 2.72. The van der Waals surface area contributed by atoms with Crippen molar-refractivity contribution in [1.82, 2.24) is 14.5 Å². The first kappa shape index (κ1) is 12.3. The number of nitrogens with zero attached hydrogens (tertiary/aromatic N) is 3. The molecule has 0 saturated heterocycles. The molecule has 2 N–H and O–H groups in total. The second kappa shape index (κ2) is 5.11. The van der Waals surface area contributed by atoms with Crippen LogP contribution in [0.4, 0.5) is 0 Å². The zero-order chi connectivity index (χ0) is 13.2. The Bertz CT molecular complexity index is 685. The summed E-state index contributed by atoms with van der Waals surface area (Å²) in [6.45, 7) is 3.39. The lowest BCUT2D eigenvalue weighted by Crippen LogP contribution is -2.13. The maximum Gasteiger partial charge on any atom is 0.160 e. The fraction of sp³-hybridized carbons (Fsp3) is 0.286. The number of aromatic nitrogens is 3. The molecule has 4 nitrogen and oxygen atoms in total. The third kappa shape index (κ3) is 2.39. The summed E-state index contributed by atoms with van der Waals surface area (Å²) in [7, 11) is 0. The minimum atomic E-state index is 0.596. The largest absolute Gasteiger partial charge is 0.329 e. The van der Waals surface area contributed by atoms with Crippen LogP contribution >= 0.6 is 11.3 Å². The van der Waals surface area contributed by atoms with E-state index in [1.807, 2.05) is 13.1 Å². The van der Waals surface area contributed by atoms with Gasteiger partial charge in [0, 0.05) is 30.6 Å². The van der Waals surface area contributed by atoms with Crippen molar-refractivity contribution >= 4 is 22.5 Å². The van der Waals surface area contributed by atoms with E-state index in [1.165, 1.54) is 4.88 Å². The molecule has 98 valence electrons. The molecule has 0 saturated carbocycles. The molecule has 0 atom stereocenters. The zero-order valence-corrected chi connectivity index (χ0v) is 11.7. The van der Waals surface area contributed by atoms with Gasteiger partial charge in [0.15, 0.2) is 5.65 Å². The molecule has 3 aromatic heterocycles. The monoisotopic (exact) mass is 272 g/mol. The van der Waals surface area contributed by atoms with E-state index in [-0.39, 0.29) is 0 Å². The maximum atomic E-state index is 5.71. The van der Waals surface area contributed by atoms with Gasteiger partial charge in [0.2, 0.25) is 0 Å². The highest BCUT2D eigenvalue weighted by Crippen LogP contribution is 2.19. The zero-order valence-electron chi connectivity index (χ0n) is 10.8. The topological polar surface area (TPSA) is 56.7 Å². The molecule has 19 heavy (non-hydrogen) atoms. The van der Waals surface area contributed by atoms with E-state index in [0.29, 0.717) is 6.54 Å². The Morgan fingerprint density at radius 2 is 2.32 bits per heavy atom. The number of pyridine rings is 1. The standard InChI is InChI=1S/C14H16N4S/c1-10-7-12-14(16-9-10)18(5-4-15)13(17-12)8-11-3-2-6-19-11/h2-3,6-7,9H,4-5,8,15H2,1H3. The summed E-state index contributed by atoms with van der Waals surface area (Å²) >= 11 is 1.75. The third-order valence-corrected chi connectivity index (χ3v) is 3.94. The first-order valence-electron chi connectivity index (χ1n) is 6.32. The van der Waals surface area contributed by atoms with E-state index >= 15 is 0 Å². The number of imidazole rings is 1. The van der Waals surface area contributed by atoms with Gasteiger partial charge in [0.25, 0.3) is 0 Å². The Morgan fingerprint density at radius 1 is 1.42 bits per heavy atom. The molecule has 0 radical (unpaired) electrons. The minimum Gasteiger partial charge on any atom is -0.329 e. The Labute approximate surface area is 115 Å². The molecule has 0 amide bonds. The molecule has 3 heterocycles.